The molecule has 0 aliphatic rings. The van der Waals surface area contributed by atoms with Crippen molar-refractivity contribution in [1.82, 2.24) is 0 Å². The van der Waals surface area contributed by atoms with Crippen LogP contribution in [0, 0.1) is 5.82 Å². The second-order valence-electron chi connectivity index (χ2n) is 4.55. The molecule has 0 aliphatic heterocycles. The van der Waals surface area contributed by atoms with E-state index < -0.39 is 11.4 Å². The molecule has 4 heteroatoms. The molecule has 0 saturated carbocycles. The van der Waals surface area contributed by atoms with E-state index in [2.05, 4.69) is 13.5 Å². The van der Waals surface area contributed by atoms with Crippen molar-refractivity contribution in [2.45, 2.75) is 26.2 Å². The van der Waals surface area contributed by atoms with Crippen molar-refractivity contribution in [2.75, 3.05) is 6.61 Å². The van der Waals surface area contributed by atoms with Gasteiger partial charge < -0.3 is 9.15 Å². The van der Waals surface area contributed by atoms with E-state index >= 15 is 0 Å². The molecular weight excluding hydrogens is 259 g/mol. The van der Waals surface area contributed by atoms with Gasteiger partial charge in [-0.1, -0.05) is 32.1 Å². The Balaban J connectivity index is 2.48. The predicted octanol–water partition coefficient (Wildman–Crippen LogP) is 3.84. The predicted molar refractivity (Wildman–Crippen MR) is 76.7 cm³/mol. The van der Waals surface area contributed by atoms with Crippen molar-refractivity contribution in [3.8, 4) is 5.75 Å². The van der Waals surface area contributed by atoms with Gasteiger partial charge in [0.25, 0.3) is 0 Å². The zero-order valence-electron chi connectivity index (χ0n) is 11.4. The number of hydrogen-bond acceptors (Lipinski definition) is 3. The first-order chi connectivity index (χ1) is 9.67. The van der Waals surface area contributed by atoms with Crippen LogP contribution in [0.15, 0.2) is 40.1 Å². The molecule has 0 bridgehead atoms. The van der Waals surface area contributed by atoms with Crippen LogP contribution < -0.4 is 10.4 Å². The molecule has 0 saturated heterocycles. The Hall–Kier alpha value is -2.10. The first-order valence-corrected chi connectivity index (χ1v) is 6.66. The lowest BCUT2D eigenvalue weighted by Gasteiger charge is -2.07. The minimum absolute atomic E-state index is 0.0333. The minimum Gasteiger partial charge on any atom is -0.486 e. The van der Waals surface area contributed by atoms with E-state index in [-0.39, 0.29) is 17.7 Å². The van der Waals surface area contributed by atoms with Crippen molar-refractivity contribution in [1.29, 1.82) is 0 Å². The van der Waals surface area contributed by atoms with Crippen LogP contribution in [0.5, 0.6) is 5.75 Å². The number of aryl methyl sites for hydroxylation is 1. The van der Waals surface area contributed by atoms with E-state index in [9.17, 15) is 9.18 Å². The Labute approximate surface area is 116 Å². The normalized spacial score (nSPS) is 10.7. The molecule has 2 aromatic rings. The van der Waals surface area contributed by atoms with Gasteiger partial charge in [-0.25, -0.2) is 9.18 Å². The van der Waals surface area contributed by atoms with E-state index in [0.29, 0.717) is 17.6 Å². The fourth-order valence-corrected chi connectivity index (χ4v) is 2.01. The summed E-state index contributed by atoms with van der Waals surface area (Å²) in [5, 5.41) is 0.475. The maximum atomic E-state index is 14.2. The molecule has 106 valence electrons. The van der Waals surface area contributed by atoms with Crippen molar-refractivity contribution >= 4 is 10.8 Å². The molecular formula is C16H17FO3. The Bertz CT molecular complexity index is 673. The third kappa shape index (κ3) is 2.90. The lowest BCUT2D eigenvalue weighted by Crippen LogP contribution is -2.06. The minimum atomic E-state index is -0.680. The molecule has 1 heterocycles. The van der Waals surface area contributed by atoms with Gasteiger partial charge in [0.15, 0.2) is 11.6 Å². The summed E-state index contributed by atoms with van der Waals surface area (Å²) in [4.78, 5) is 11.9. The van der Waals surface area contributed by atoms with Crippen LogP contribution in [0.3, 0.4) is 0 Å². The molecule has 0 amide bonds. The Kier molecular flexibility index (Phi) is 4.56. The number of halogens is 1. The van der Waals surface area contributed by atoms with Crippen LogP contribution in [0.4, 0.5) is 4.39 Å². The van der Waals surface area contributed by atoms with E-state index in [1.165, 1.54) is 12.1 Å². The molecule has 0 unspecified atom stereocenters. The lowest BCUT2D eigenvalue weighted by molar-refractivity contribution is 0.343. The molecule has 3 nitrogen and oxygen atoms in total. The van der Waals surface area contributed by atoms with E-state index in [4.69, 9.17) is 9.15 Å². The molecule has 0 radical (unpaired) electrons. The highest BCUT2D eigenvalue weighted by molar-refractivity contribution is 5.83. The number of unbranched alkanes of at least 4 members (excludes halogenated alkanes) is 1. The quantitative estimate of drug-likeness (QED) is 0.752. The molecule has 0 N–H and O–H groups in total. The van der Waals surface area contributed by atoms with Crippen LogP contribution in [-0.2, 0) is 6.42 Å². The Morgan fingerprint density at radius 1 is 1.45 bits per heavy atom. The molecule has 0 aliphatic carbocycles. The standard InChI is InChI=1S/C16H17FO3/c1-3-5-6-12-10-11-7-8-13(19-9-4-2)15(17)14(11)16(18)20-12/h4,7-8,10H,2-3,5-6,9H2,1H3. The maximum absolute atomic E-state index is 14.2. The molecule has 1 aromatic carbocycles. The van der Waals surface area contributed by atoms with Gasteiger partial charge in [-0.05, 0) is 23.9 Å². The topological polar surface area (TPSA) is 39.4 Å². The fourth-order valence-electron chi connectivity index (χ4n) is 2.01. The number of fused-ring (bicyclic) bond motifs is 1. The molecule has 0 fully saturated rings. The highest BCUT2D eigenvalue weighted by atomic mass is 19.1. The summed E-state index contributed by atoms with van der Waals surface area (Å²) in [5.41, 5.74) is -0.657. The van der Waals surface area contributed by atoms with Crippen molar-refractivity contribution in [2.24, 2.45) is 0 Å². The van der Waals surface area contributed by atoms with Gasteiger partial charge in [-0.3, -0.25) is 0 Å². The van der Waals surface area contributed by atoms with Gasteiger partial charge in [0.1, 0.15) is 17.8 Å². The SMILES string of the molecule is C=CCOc1ccc2cc(CCCC)oc(=O)c2c1F. The highest BCUT2D eigenvalue weighted by Gasteiger charge is 2.14. The lowest BCUT2D eigenvalue weighted by atomic mass is 10.1. The second-order valence-corrected chi connectivity index (χ2v) is 4.55. The van der Waals surface area contributed by atoms with Gasteiger partial charge in [-0.2, -0.15) is 0 Å². The third-order valence-corrected chi connectivity index (χ3v) is 3.02. The monoisotopic (exact) mass is 276 g/mol. The first-order valence-electron chi connectivity index (χ1n) is 6.66. The van der Waals surface area contributed by atoms with Crippen molar-refractivity contribution in [3.63, 3.8) is 0 Å². The highest BCUT2D eigenvalue weighted by Crippen LogP contribution is 2.25. The summed E-state index contributed by atoms with van der Waals surface area (Å²) in [6.45, 7) is 5.74. The summed E-state index contributed by atoms with van der Waals surface area (Å²) in [6.07, 6.45) is 4.12. The summed E-state index contributed by atoms with van der Waals surface area (Å²) in [7, 11) is 0. The average Bonchev–Trinajstić information content (AvgIpc) is 2.44. The van der Waals surface area contributed by atoms with Crippen molar-refractivity contribution in [3.05, 3.63) is 52.9 Å². The molecule has 0 spiro atoms. The number of benzene rings is 1. The second kappa shape index (κ2) is 6.37. The fraction of sp³-hybridized carbons (Fsp3) is 0.312. The van der Waals surface area contributed by atoms with E-state index in [1.54, 1.807) is 12.1 Å². The van der Waals surface area contributed by atoms with Crippen LogP contribution in [0.25, 0.3) is 10.8 Å². The number of rotatable bonds is 6. The number of hydrogen-bond donors (Lipinski definition) is 0. The van der Waals surface area contributed by atoms with Gasteiger partial charge in [0, 0.05) is 6.42 Å². The Morgan fingerprint density at radius 2 is 2.25 bits per heavy atom. The molecule has 1 aromatic heterocycles. The maximum Gasteiger partial charge on any atom is 0.346 e. The van der Waals surface area contributed by atoms with Gasteiger partial charge in [-0.15, -0.1) is 0 Å². The third-order valence-electron chi connectivity index (χ3n) is 3.02. The van der Waals surface area contributed by atoms with E-state index in [1.807, 2.05) is 0 Å². The van der Waals surface area contributed by atoms with Crippen molar-refractivity contribution < 1.29 is 13.5 Å². The van der Waals surface area contributed by atoms with Gasteiger partial charge >= 0.3 is 5.63 Å². The summed E-state index contributed by atoms with van der Waals surface area (Å²) in [6, 6.07) is 4.90. The molecule has 0 atom stereocenters. The molecule has 20 heavy (non-hydrogen) atoms. The summed E-state index contributed by atoms with van der Waals surface area (Å²) < 4.78 is 24.5. The summed E-state index contributed by atoms with van der Waals surface area (Å²) >= 11 is 0. The van der Waals surface area contributed by atoms with Crippen LogP contribution in [0.2, 0.25) is 0 Å². The van der Waals surface area contributed by atoms with Crippen LogP contribution >= 0.6 is 0 Å². The van der Waals surface area contributed by atoms with Crippen LogP contribution in [0.1, 0.15) is 25.5 Å². The van der Waals surface area contributed by atoms with Gasteiger partial charge in [0.2, 0.25) is 0 Å². The largest absolute Gasteiger partial charge is 0.486 e. The van der Waals surface area contributed by atoms with E-state index in [0.717, 1.165) is 12.8 Å². The smallest absolute Gasteiger partial charge is 0.346 e. The zero-order valence-corrected chi connectivity index (χ0v) is 11.4. The Morgan fingerprint density at radius 3 is 2.95 bits per heavy atom. The summed E-state index contributed by atoms with van der Waals surface area (Å²) in [5.74, 6) is -0.0605. The average molecular weight is 276 g/mol. The van der Waals surface area contributed by atoms with Crippen LogP contribution in [-0.4, -0.2) is 6.61 Å². The van der Waals surface area contributed by atoms with Gasteiger partial charge in [0.05, 0.1) is 0 Å². The first kappa shape index (κ1) is 14.3. The zero-order chi connectivity index (χ0) is 14.5. The molecule has 2 rings (SSSR count). The number of ether oxygens (including phenoxy) is 1.